The third-order valence-electron chi connectivity index (χ3n) is 4.68. The Morgan fingerprint density at radius 2 is 2.14 bits per heavy atom. The number of fused-ring (bicyclic) bond motifs is 2. The van der Waals surface area contributed by atoms with Gasteiger partial charge in [0.2, 0.25) is 0 Å². The Kier molecular flexibility index (Phi) is 6.73. The summed E-state index contributed by atoms with van der Waals surface area (Å²) in [4.78, 5) is 16.2. The molecule has 0 radical (unpaired) electrons. The fourth-order valence-electron chi connectivity index (χ4n) is 3.27. The number of rotatable bonds is 6. The first-order valence-corrected chi connectivity index (χ1v) is 15.1. The summed E-state index contributed by atoms with van der Waals surface area (Å²) < 4.78 is 4.00. The van der Waals surface area contributed by atoms with Gasteiger partial charge in [0.25, 0.3) is 0 Å². The number of imidazole rings is 1. The number of nitrogens with zero attached hydrogens (tertiary/aromatic N) is 4. The number of hydrogen-bond acceptors (Lipinski definition) is 6. The van der Waals surface area contributed by atoms with Crippen LogP contribution in [0.1, 0.15) is 32.8 Å². The summed E-state index contributed by atoms with van der Waals surface area (Å²) in [5.74, 6) is 1.64. The Labute approximate surface area is 200 Å². The van der Waals surface area contributed by atoms with Crippen LogP contribution in [-0.2, 0) is 13.0 Å². The van der Waals surface area contributed by atoms with Crippen molar-refractivity contribution in [1.82, 2.24) is 19.5 Å². The van der Waals surface area contributed by atoms with Crippen molar-refractivity contribution in [2.45, 2.75) is 64.5 Å². The number of nitrogens with two attached hydrogens (primary N) is 1. The van der Waals surface area contributed by atoms with Gasteiger partial charge in [-0.15, -0.1) is 0 Å². The first-order valence-electron chi connectivity index (χ1n) is 9.66. The van der Waals surface area contributed by atoms with E-state index in [1.54, 1.807) is 18.1 Å². The van der Waals surface area contributed by atoms with Crippen molar-refractivity contribution in [1.29, 1.82) is 0 Å². The molecule has 2 N–H and O–H groups in total. The number of nitrogen functional groups attached to an aromatic ring is 1. The SMILES string of the molecule is CC(C)(C)[AsH]CCCn1c(Sc2cc3c(cc2I)SCC3)nc2c(N)ncnc21. The van der Waals surface area contributed by atoms with Gasteiger partial charge in [0, 0.05) is 0 Å². The number of halogens is 1. The molecule has 3 aromatic rings. The van der Waals surface area contributed by atoms with Gasteiger partial charge in [-0.25, -0.2) is 0 Å². The molecule has 154 valence electrons. The molecular formula is C20H25AsIN5S2. The molecule has 2 aromatic heterocycles. The molecule has 5 nitrogen and oxygen atoms in total. The van der Waals surface area contributed by atoms with E-state index in [0.29, 0.717) is 15.5 Å². The fourth-order valence-corrected chi connectivity index (χ4v) is 8.62. The molecule has 0 fully saturated rings. The first-order chi connectivity index (χ1) is 13.8. The van der Waals surface area contributed by atoms with Crippen LogP contribution in [0.3, 0.4) is 0 Å². The third-order valence-corrected chi connectivity index (χ3v) is 11.6. The topological polar surface area (TPSA) is 69.6 Å². The zero-order valence-corrected chi connectivity index (χ0v) is 22.7. The Morgan fingerprint density at radius 3 is 2.93 bits per heavy atom. The normalized spacial score (nSPS) is 14.3. The molecule has 0 saturated carbocycles. The van der Waals surface area contributed by atoms with Crippen LogP contribution in [0.5, 0.6) is 0 Å². The maximum atomic E-state index is 6.11. The van der Waals surface area contributed by atoms with Crippen LogP contribution in [0.15, 0.2) is 33.4 Å². The van der Waals surface area contributed by atoms with E-state index in [4.69, 9.17) is 10.7 Å². The third kappa shape index (κ3) is 5.08. The molecule has 1 unspecified atom stereocenters. The van der Waals surface area contributed by atoms with Crippen LogP contribution in [-0.4, -0.2) is 41.0 Å². The average molecular weight is 601 g/mol. The minimum atomic E-state index is 0.0375. The van der Waals surface area contributed by atoms with E-state index in [1.165, 1.54) is 29.9 Å². The van der Waals surface area contributed by atoms with Crippen LogP contribution >= 0.6 is 46.1 Å². The molecule has 1 aromatic carbocycles. The first kappa shape index (κ1) is 21.8. The Hall–Kier alpha value is -0.442. The summed E-state index contributed by atoms with van der Waals surface area (Å²) in [7, 11) is 0. The van der Waals surface area contributed by atoms with Crippen molar-refractivity contribution in [3.8, 4) is 0 Å². The number of thioether (sulfide) groups is 1. The molecule has 9 heteroatoms. The zero-order valence-electron chi connectivity index (χ0n) is 16.8. The van der Waals surface area contributed by atoms with Crippen LogP contribution in [0.25, 0.3) is 11.2 Å². The number of aromatic nitrogens is 4. The van der Waals surface area contributed by atoms with Crippen molar-refractivity contribution in [2.75, 3.05) is 11.5 Å². The van der Waals surface area contributed by atoms with Gasteiger partial charge in [-0.2, -0.15) is 0 Å². The Balaban J connectivity index is 1.64. The number of benzene rings is 1. The molecule has 1 aliphatic rings. The van der Waals surface area contributed by atoms with Gasteiger partial charge in [0.1, 0.15) is 0 Å². The summed E-state index contributed by atoms with van der Waals surface area (Å²) in [6, 6.07) is 4.65. The molecule has 0 bridgehead atoms. The van der Waals surface area contributed by atoms with E-state index >= 15 is 0 Å². The molecule has 0 spiro atoms. The van der Waals surface area contributed by atoms with E-state index in [2.05, 4.69) is 70.0 Å². The summed E-state index contributed by atoms with van der Waals surface area (Å²) in [6.45, 7) is 7.97. The maximum absolute atomic E-state index is 6.11. The van der Waals surface area contributed by atoms with Gasteiger partial charge in [0.05, 0.1) is 0 Å². The summed E-state index contributed by atoms with van der Waals surface area (Å²) in [5, 5.41) is 2.27. The molecule has 3 heterocycles. The van der Waals surface area contributed by atoms with Gasteiger partial charge in [-0.05, 0) is 0 Å². The number of aryl methyl sites for hydroxylation is 2. The molecular weight excluding hydrogens is 576 g/mol. The Morgan fingerprint density at radius 1 is 1.31 bits per heavy atom. The molecule has 4 rings (SSSR count). The van der Waals surface area contributed by atoms with Crippen LogP contribution in [0.2, 0.25) is 9.41 Å². The van der Waals surface area contributed by atoms with E-state index in [-0.39, 0.29) is 15.8 Å². The minimum absolute atomic E-state index is 0.0375. The second kappa shape index (κ2) is 8.97. The van der Waals surface area contributed by atoms with Crippen LogP contribution < -0.4 is 5.73 Å². The predicted octanol–water partition coefficient (Wildman–Crippen LogP) is 5.28. The van der Waals surface area contributed by atoms with E-state index in [0.717, 1.165) is 30.2 Å². The monoisotopic (exact) mass is 601 g/mol. The van der Waals surface area contributed by atoms with Crippen LogP contribution in [0.4, 0.5) is 5.82 Å². The van der Waals surface area contributed by atoms with Gasteiger partial charge >= 0.3 is 202 Å². The second-order valence-electron chi connectivity index (χ2n) is 8.10. The van der Waals surface area contributed by atoms with E-state index < -0.39 is 0 Å². The number of hydrogen-bond donors (Lipinski definition) is 1. The van der Waals surface area contributed by atoms with Gasteiger partial charge in [0.15, 0.2) is 0 Å². The fraction of sp³-hybridized carbons (Fsp3) is 0.450. The van der Waals surface area contributed by atoms with Gasteiger partial charge in [-0.3, -0.25) is 0 Å². The van der Waals surface area contributed by atoms with Crippen molar-refractivity contribution < 1.29 is 0 Å². The van der Waals surface area contributed by atoms with E-state index in [1.807, 2.05) is 11.8 Å². The standard InChI is InChI=1S/C20H25AsIN5S2/c1-20(2,3)21-6-4-7-27-18-16(17(23)24-11-25-18)26-19(27)29-15-9-12-5-8-28-14(12)10-13(15)22/h9-11,21H,4-8H2,1-3H3,(H2,23,24,25). The van der Waals surface area contributed by atoms with E-state index in [9.17, 15) is 0 Å². The molecule has 0 aliphatic carbocycles. The molecule has 0 amide bonds. The van der Waals surface area contributed by atoms with Gasteiger partial charge < -0.3 is 0 Å². The zero-order chi connectivity index (χ0) is 20.6. The predicted molar refractivity (Wildman–Crippen MR) is 134 cm³/mol. The summed E-state index contributed by atoms with van der Waals surface area (Å²) in [5.41, 5.74) is 9.13. The Bertz CT molecular complexity index is 1050. The molecule has 1 aliphatic heterocycles. The quantitative estimate of drug-likeness (QED) is 0.236. The second-order valence-corrected chi connectivity index (χ2v) is 16.3. The molecule has 1 atom stereocenters. The van der Waals surface area contributed by atoms with Crippen molar-refractivity contribution in [2.24, 2.45) is 0 Å². The van der Waals surface area contributed by atoms with Crippen molar-refractivity contribution in [3.63, 3.8) is 0 Å². The molecule has 0 saturated heterocycles. The van der Waals surface area contributed by atoms with Crippen LogP contribution in [0, 0.1) is 3.57 Å². The summed E-state index contributed by atoms with van der Waals surface area (Å²) >= 11 is 6.16. The van der Waals surface area contributed by atoms with Crippen molar-refractivity contribution in [3.05, 3.63) is 27.6 Å². The number of anilines is 1. The van der Waals surface area contributed by atoms with Gasteiger partial charge in [-0.1, -0.05) is 0 Å². The van der Waals surface area contributed by atoms with Crippen molar-refractivity contribution >= 4 is 78.8 Å². The molecule has 29 heavy (non-hydrogen) atoms. The average Bonchev–Trinajstić information content (AvgIpc) is 3.23. The summed E-state index contributed by atoms with van der Waals surface area (Å²) in [6.07, 6.45) is 3.85.